The van der Waals surface area contributed by atoms with Gasteiger partial charge < -0.3 is 10.6 Å². The van der Waals surface area contributed by atoms with Crippen LogP contribution in [0.3, 0.4) is 0 Å². The van der Waals surface area contributed by atoms with Crippen molar-refractivity contribution in [2.24, 2.45) is 0 Å². The Balaban J connectivity index is 1.83. The van der Waals surface area contributed by atoms with Gasteiger partial charge in [0.25, 0.3) is 0 Å². The second kappa shape index (κ2) is 9.82. The second-order valence-electron chi connectivity index (χ2n) is 6.68. The van der Waals surface area contributed by atoms with Crippen molar-refractivity contribution in [3.63, 3.8) is 0 Å². The molecule has 1 aromatic rings. The van der Waals surface area contributed by atoms with Crippen LogP contribution in [0.15, 0.2) is 29.2 Å². The van der Waals surface area contributed by atoms with Crippen molar-refractivity contribution in [3.8, 4) is 0 Å². The molecule has 138 valence electrons. The van der Waals surface area contributed by atoms with E-state index in [-0.39, 0.29) is 24.4 Å². The Labute approximate surface area is 154 Å². The van der Waals surface area contributed by atoms with E-state index in [1.807, 2.05) is 44.5 Å². The fourth-order valence-corrected chi connectivity index (χ4v) is 3.62. The van der Waals surface area contributed by atoms with Gasteiger partial charge in [-0.05, 0) is 45.2 Å². The van der Waals surface area contributed by atoms with Crippen molar-refractivity contribution < 1.29 is 9.59 Å². The smallest absolute Gasteiger partial charge is 0.238 e. The van der Waals surface area contributed by atoms with Crippen molar-refractivity contribution in [3.05, 3.63) is 24.3 Å². The topological polar surface area (TPSA) is 61.4 Å². The van der Waals surface area contributed by atoms with Gasteiger partial charge in [-0.1, -0.05) is 31.4 Å². The van der Waals surface area contributed by atoms with Crippen LogP contribution < -0.4 is 10.6 Å². The summed E-state index contributed by atoms with van der Waals surface area (Å²) in [6.07, 6.45) is 7.75. The van der Waals surface area contributed by atoms with Gasteiger partial charge >= 0.3 is 0 Å². The number of rotatable bonds is 7. The molecule has 2 rings (SSSR count). The quantitative estimate of drug-likeness (QED) is 0.731. The lowest BCUT2D eigenvalue weighted by Crippen LogP contribution is -2.49. The first-order valence-corrected chi connectivity index (χ1v) is 10.2. The number of amides is 2. The molecule has 1 aliphatic carbocycles. The number of nitrogens with one attached hydrogen (secondary N) is 2. The molecule has 1 aromatic carbocycles. The summed E-state index contributed by atoms with van der Waals surface area (Å²) in [5.41, 5.74) is 0.813. The summed E-state index contributed by atoms with van der Waals surface area (Å²) in [5, 5.41) is 6.06. The van der Waals surface area contributed by atoms with E-state index in [9.17, 15) is 9.59 Å². The number of hydrogen-bond donors (Lipinski definition) is 2. The van der Waals surface area contributed by atoms with E-state index < -0.39 is 0 Å². The summed E-state index contributed by atoms with van der Waals surface area (Å²) in [6.45, 7) is 2.03. The molecular weight excluding hydrogens is 334 g/mol. The predicted molar refractivity (Wildman–Crippen MR) is 104 cm³/mol. The molecule has 1 atom stereocenters. The van der Waals surface area contributed by atoms with Gasteiger partial charge in [-0.15, -0.1) is 11.8 Å². The SMILES string of the molecule is CSc1ccccc1NC(=O)CN(C)C(C)C(=O)NC1CCCCC1. The molecule has 25 heavy (non-hydrogen) atoms. The van der Waals surface area contributed by atoms with E-state index >= 15 is 0 Å². The first kappa shape index (κ1) is 19.8. The molecule has 0 bridgehead atoms. The monoisotopic (exact) mass is 363 g/mol. The standard InChI is InChI=1S/C19H29N3O2S/c1-14(19(24)20-15-9-5-4-6-10-15)22(2)13-18(23)21-16-11-7-8-12-17(16)25-3/h7-8,11-12,14-15H,4-6,9-10,13H2,1-3H3,(H,20,24)(H,21,23). The summed E-state index contributed by atoms with van der Waals surface area (Å²) >= 11 is 1.59. The van der Waals surface area contributed by atoms with Crippen molar-refractivity contribution in [2.45, 2.75) is 56.0 Å². The molecule has 1 fully saturated rings. The molecule has 0 radical (unpaired) electrons. The fourth-order valence-electron chi connectivity index (χ4n) is 3.07. The lowest BCUT2D eigenvalue weighted by Gasteiger charge is -2.28. The molecule has 2 N–H and O–H groups in total. The maximum atomic E-state index is 12.4. The van der Waals surface area contributed by atoms with Crippen molar-refractivity contribution in [1.82, 2.24) is 10.2 Å². The minimum absolute atomic E-state index is 0.00622. The number of thioether (sulfide) groups is 1. The Kier molecular flexibility index (Phi) is 7.78. The van der Waals surface area contributed by atoms with Crippen LogP contribution in [0.2, 0.25) is 0 Å². The summed E-state index contributed by atoms with van der Waals surface area (Å²) < 4.78 is 0. The molecule has 6 heteroatoms. The van der Waals surface area contributed by atoms with Gasteiger partial charge in [0.2, 0.25) is 11.8 Å². The van der Waals surface area contributed by atoms with Crippen LogP contribution in [0.4, 0.5) is 5.69 Å². The first-order valence-electron chi connectivity index (χ1n) is 8.94. The molecule has 0 aliphatic heterocycles. The van der Waals surface area contributed by atoms with E-state index in [0.717, 1.165) is 23.4 Å². The Morgan fingerprint density at radius 1 is 1.24 bits per heavy atom. The fraction of sp³-hybridized carbons (Fsp3) is 0.579. The van der Waals surface area contributed by atoms with Gasteiger partial charge in [-0.25, -0.2) is 0 Å². The minimum atomic E-state index is -0.330. The molecular formula is C19H29N3O2S. The van der Waals surface area contributed by atoms with E-state index in [2.05, 4.69) is 10.6 Å². The average molecular weight is 364 g/mol. The molecule has 1 unspecified atom stereocenters. The lowest BCUT2D eigenvalue weighted by molar-refractivity contribution is -0.127. The van der Waals surface area contributed by atoms with Crippen LogP contribution >= 0.6 is 11.8 Å². The second-order valence-corrected chi connectivity index (χ2v) is 7.53. The molecule has 0 heterocycles. The molecule has 0 saturated heterocycles. The van der Waals surface area contributed by atoms with Gasteiger partial charge in [-0.3, -0.25) is 14.5 Å². The lowest BCUT2D eigenvalue weighted by atomic mass is 9.95. The van der Waals surface area contributed by atoms with Crippen molar-refractivity contribution in [2.75, 3.05) is 25.2 Å². The zero-order valence-corrected chi connectivity index (χ0v) is 16.2. The van der Waals surface area contributed by atoms with E-state index in [4.69, 9.17) is 0 Å². The van der Waals surface area contributed by atoms with Crippen LogP contribution in [-0.2, 0) is 9.59 Å². The molecule has 0 aromatic heterocycles. The van der Waals surface area contributed by atoms with Crippen molar-refractivity contribution >= 4 is 29.3 Å². The van der Waals surface area contributed by atoms with E-state index in [1.54, 1.807) is 16.7 Å². The maximum Gasteiger partial charge on any atom is 0.238 e. The first-order chi connectivity index (χ1) is 12.0. The number of carbonyl (C=O) groups is 2. The number of nitrogens with zero attached hydrogens (tertiary/aromatic N) is 1. The Hall–Kier alpha value is -1.53. The number of carbonyl (C=O) groups excluding carboxylic acids is 2. The molecule has 5 nitrogen and oxygen atoms in total. The van der Waals surface area contributed by atoms with Crippen molar-refractivity contribution in [1.29, 1.82) is 0 Å². The normalized spacial score (nSPS) is 16.5. The summed E-state index contributed by atoms with van der Waals surface area (Å²) in [5.74, 6) is -0.104. The zero-order valence-electron chi connectivity index (χ0n) is 15.4. The highest BCUT2D eigenvalue weighted by atomic mass is 32.2. The largest absolute Gasteiger partial charge is 0.352 e. The highest BCUT2D eigenvalue weighted by Gasteiger charge is 2.23. The third-order valence-electron chi connectivity index (χ3n) is 4.77. The number of likely N-dealkylation sites (N-methyl/N-ethyl adjacent to an activating group) is 1. The van der Waals surface area contributed by atoms with Crippen LogP contribution in [0.1, 0.15) is 39.0 Å². The Bertz CT molecular complexity index is 588. The van der Waals surface area contributed by atoms with E-state index in [1.165, 1.54) is 19.3 Å². The van der Waals surface area contributed by atoms with Gasteiger partial charge in [0.15, 0.2) is 0 Å². The highest BCUT2D eigenvalue weighted by molar-refractivity contribution is 7.98. The van der Waals surface area contributed by atoms with E-state index in [0.29, 0.717) is 6.04 Å². The summed E-state index contributed by atoms with van der Waals surface area (Å²) in [6, 6.07) is 7.68. The zero-order chi connectivity index (χ0) is 18.2. The summed E-state index contributed by atoms with van der Waals surface area (Å²) in [4.78, 5) is 27.5. The highest BCUT2D eigenvalue weighted by Crippen LogP contribution is 2.24. The van der Waals surface area contributed by atoms with Gasteiger partial charge in [0.05, 0.1) is 18.3 Å². The number of para-hydroxylation sites is 1. The van der Waals surface area contributed by atoms with Gasteiger partial charge in [-0.2, -0.15) is 0 Å². The Morgan fingerprint density at radius 3 is 2.60 bits per heavy atom. The molecule has 0 spiro atoms. The minimum Gasteiger partial charge on any atom is -0.352 e. The molecule has 1 saturated carbocycles. The third kappa shape index (κ3) is 6.04. The summed E-state index contributed by atoms with van der Waals surface area (Å²) in [7, 11) is 1.81. The molecule has 1 aliphatic rings. The van der Waals surface area contributed by atoms with Gasteiger partial charge in [0.1, 0.15) is 0 Å². The number of benzene rings is 1. The molecule has 2 amide bonds. The predicted octanol–water partition coefficient (Wildman–Crippen LogP) is 3.12. The van der Waals surface area contributed by atoms with Crippen LogP contribution in [0.5, 0.6) is 0 Å². The van der Waals surface area contributed by atoms with Crippen LogP contribution in [-0.4, -0.2) is 48.6 Å². The van der Waals surface area contributed by atoms with Gasteiger partial charge in [0, 0.05) is 10.9 Å². The third-order valence-corrected chi connectivity index (χ3v) is 5.56. The number of hydrogen-bond acceptors (Lipinski definition) is 4. The van der Waals surface area contributed by atoms with Crippen LogP contribution in [0, 0.1) is 0 Å². The average Bonchev–Trinajstić information content (AvgIpc) is 2.62. The van der Waals surface area contributed by atoms with Crippen LogP contribution in [0.25, 0.3) is 0 Å². The maximum absolute atomic E-state index is 12.4. The Morgan fingerprint density at radius 2 is 1.92 bits per heavy atom. The number of anilines is 1.